The molecule has 0 saturated heterocycles. The summed E-state index contributed by atoms with van der Waals surface area (Å²) in [5, 5.41) is 15.2. The van der Waals surface area contributed by atoms with Crippen molar-refractivity contribution < 1.29 is 13.7 Å². The highest BCUT2D eigenvalue weighted by Gasteiger charge is 2.20. The molecule has 0 saturated carbocycles. The Morgan fingerprint density at radius 2 is 2.11 bits per heavy atom. The van der Waals surface area contributed by atoms with Crippen molar-refractivity contribution in [2.75, 3.05) is 5.32 Å². The molecule has 19 heavy (non-hydrogen) atoms. The van der Waals surface area contributed by atoms with Crippen LogP contribution in [0.25, 0.3) is 0 Å². The van der Waals surface area contributed by atoms with Crippen LogP contribution in [0.4, 0.5) is 20.2 Å². The maximum atomic E-state index is 13.6. The summed E-state index contributed by atoms with van der Waals surface area (Å²) in [6.45, 7) is 0.214. The van der Waals surface area contributed by atoms with Crippen LogP contribution in [-0.2, 0) is 6.54 Å². The Kier molecular flexibility index (Phi) is 4.11. The minimum absolute atomic E-state index is 0.214. The van der Waals surface area contributed by atoms with E-state index in [-0.39, 0.29) is 12.2 Å². The molecule has 1 aromatic carbocycles. The minimum Gasteiger partial charge on any atom is -0.373 e. The largest absolute Gasteiger partial charge is 0.373 e. The molecule has 0 aliphatic rings. The molecule has 0 aliphatic heterocycles. The number of anilines is 1. The lowest BCUT2D eigenvalue weighted by Crippen LogP contribution is -2.05. The van der Waals surface area contributed by atoms with E-state index in [0.29, 0.717) is 12.1 Å². The van der Waals surface area contributed by atoms with E-state index in [1.165, 1.54) is 11.3 Å². The van der Waals surface area contributed by atoms with Crippen molar-refractivity contribution in [2.45, 2.75) is 6.54 Å². The summed E-state index contributed by atoms with van der Waals surface area (Å²) < 4.78 is 27.4. The van der Waals surface area contributed by atoms with Crippen molar-refractivity contribution in [3.8, 4) is 0 Å². The van der Waals surface area contributed by atoms with Crippen molar-refractivity contribution in [1.82, 2.24) is 0 Å². The van der Waals surface area contributed by atoms with Gasteiger partial charge in [0.2, 0.25) is 0 Å². The molecule has 4 nitrogen and oxygen atoms in total. The molecular weight excluding hydrogens is 342 g/mol. The van der Waals surface area contributed by atoms with Crippen molar-refractivity contribution in [3.63, 3.8) is 0 Å². The first kappa shape index (κ1) is 13.9. The number of halogens is 3. The SMILES string of the molecule is O=[N+]([O-])c1cc(F)cc(F)c1NCc1csc(Br)c1. The van der Waals surface area contributed by atoms with Crippen LogP contribution in [0.1, 0.15) is 5.56 Å². The zero-order valence-corrected chi connectivity index (χ0v) is 11.7. The Labute approximate surface area is 119 Å². The summed E-state index contributed by atoms with van der Waals surface area (Å²) in [5.74, 6) is -1.96. The first-order valence-electron chi connectivity index (χ1n) is 5.07. The molecule has 0 aliphatic carbocycles. The van der Waals surface area contributed by atoms with Crippen LogP contribution in [0.3, 0.4) is 0 Å². The summed E-state index contributed by atoms with van der Waals surface area (Å²) in [5.41, 5.74) is -0.0876. The molecule has 0 bridgehead atoms. The predicted octanol–water partition coefficient (Wildman–Crippen LogP) is 4.31. The monoisotopic (exact) mass is 348 g/mol. The van der Waals surface area contributed by atoms with E-state index in [1.54, 1.807) is 0 Å². The van der Waals surface area contributed by atoms with Crippen LogP contribution < -0.4 is 5.32 Å². The van der Waals surface area contributed by atoms with Gasteiger partial charge in [0.1, 0.15) is 11.5 Å². The van der Waals surface area contributed by atoms with Gasteiger partial charge in [-0.15, -0.1) is 11.3 Å². The van der Waals surface area contributed by atoms with Gasteiger partial charge in [-0.25, -0.2) is 8.78 Å². The van der Waals surface area contributed by atoms with Crippen LogP contribution in [0, 0.1) is 21.7 Å². The summed E-state index contributed by atoms with van der Waals surface area (Å²) in [4.78, 5) is 9.95. The van der Waals surface area contributed by atoms with Gasteiger partial charge in [-0.1, -0.05) is 0 Å². The maximum Gasteiger partial charge on any atom is 0.298 e. The second-order valence-corrected chi connectivity index (χ2v) is 5.94. The molecule has 0 amide bonds. The van der Waals surface area contributed by atoms with E-state index < -0.39 is 22.2 Å². The first-order chi connectivity index (χ1) is 8.97. The molecule has 0 fully saturated rings. The average Bonchev–Trinajstić information content (AvgIpc) is 2.73. The number of hydrogen-bond donors (Lipinski definition) is 1. The van der Waals surface area contributed by atoms with Gasteiger partial charge in [-0.2, -0.15) is 0 Å². The van der Waals surface area contributed by atoms with Crippen LogP contribution in [0.5, 0.6) is 0 Å². The zero-order valence-electron chi connectivity index (χ0n) is 9.32. The quantitative estimate of drug-likeness (QED) is 0.661. The Morgan fingerprint density at radius 3 is 2.68 bits per heavy atom. The van der Waals surface area contributed by atoms with E-state index >= 15 is 0 Å². The molecule has 0 unspecified atom stereocenters. The number of thiophene rings is 1. The second kappa shape index (κ2) is 5.62. The van der Waals surface area contributed by atoms with E-state index in [1.807, 2.05) is 11.4 Å². The lowest BCUT2D eigenvalue weighted by molar-refractivity contribution is -0.384. The fourth-order valence-corrected chi connectivity index (χ4v) is 2.72. The Hall–Kier alpha value is -1.54. The standard InChI is InChI=1S/C11H7BrF2N2O2S/c12-10-1-6(5-19-10)4-15-11-8(14)2-7(13)3-9(11)16(17)18/h1-3,5,15H,4H2. The van der Waals surface area contributed by atoms with Gasteiger partial charge in [0.25, 0.3) is 5.69 Å². The third-order valence-electron chi connectivity index (χ3n) is 2.32. The van der Waals surface area contributed by atoms with E-state index in [4.69, 9.17) is 0 Å². The number of nitro groups is 1. The predicted molar refractivity (Wildman–Crippen MR) is 72.4 cm³/mol. The van der Waals surface area contributed by atoms with Crippen LogP contribution in [0.15, 0.2) is 27.4 Å². The van der Waals surface area contributed by atoms with Crippen molar-refractivity contribution in [3.05, 3.63) is 54.7 Å². The topological polar surface area (TPSA) is 55.2 Å². The van der Waals surface area contributed by atoms with Crippen LogP contribution in [0.2, 0.25) is 0 Å². The summed E-state index contributed by atoms with van der Waals surface area (Å²) in [7, 11) is 0. The molecule has 8 heteroatoms. The van der Waals surface area contributed by atoms with E-state index in [9.17, 15) is 18.9 Å². The molecule has 2 aromatic rings. The summed E-state index contributed by atoms with van der Waals surface area (Å²) >= 11 is 4.72. The summed E-state index contributed by atoms with van der Waals surface area (Å²) in [6, 6.07) is 3.11. The zero-order chi connectivity index (χ0) is 14.0. The normalized spacial score (nSPS) is 10.5. The molecule has 1 aromatic heterocycles. The number of nitro benzene ring substituents is 1. The fraction of sp³-hybridized carbons (Fsp3) is 0.0909. The number of nitrogens with zero attached hydrogens (tertiary/aromatic N) is 1. The highest BCUT2D eigenvalue weighted by molar-refractivity contribution is 9.11. The van der Waals surface area contributed by atoms with Gasteiger partial charge in [0, 0.05) is 12.6 Å². The molecule has 100 valence electrons. The molecule has 1 N–H and O–H groups in total. The lowest BCUT2D eigenvalue weighted by Gasteiger charge is -2.07. The van der Waals surface area contributed by atoms with Gasteiger partial charge < -0.3 is 5.32 Å². The maximum absolute atomic E-state index is 13.6. The number of benzene rings is 1. The van der Waals surface area contributed by atoms with Gasteiger partial charge in [-0.3, -0.25) is 10.1 Å². The highest BCUT2D eigenvalue weighted by atomic mass is 79.9. The molecule has 1 heterocycles. The van der Waals surface area contributed by atoms with E-state index in [2.05, 4.69) is 21.2 Å². The molecule has 0 spiro atoms. The average molecular weight is 349 g/mol. The smallest absolute Gasteiger partial charge is 0.298 e. The van der Waals surface area contributed by atoms with Crippen LogP contribution >= 0.6 is 27.3 Å². The van der Waals surface area contributed by atoms with Gasteiger partial charge in [0.15, 0.2) is 5.82 Å². The highest BCUT2D eigenvalue weighted by Crippen LogP contribution is 2.29. The van der Waals surface area contributed by atoms with E-state index in [0.717, 1.165) is 9.35 Å². The molecule has 0 atom stereocenters. The first-order valence-corrected chi connectivity index (χ1v) is 6.75. The molecule has 2 rings (SSSR count). The molecular formula is C11H7BrF2N2O2S. The Morgan fingerprint density at radius 1 is 1.37 bits per heavy atom. The third-order valence-corrected chi connectivity index (χ3v) is 3.88. The number of nitrogens with one attached hydrogen (secondary N) is 1. The lowest BCUT2D eigenvalue weighted by atomic mass is 10.2. The number of rotatable bonds is 4. The Balaban J connectivity index is 2.26. The van der Waals surface area contributed by atoms with Crippen LogP contribution in [-0.4, -0.2) is 4.92 Å². The third kappa shape index (κ3) is 3.27. The van der Waals surface area contributed by atoms with Gasteiger partial charge in [0.05, 0.1) is 14.8 Å². The minimum atomic E-state index is -0.985. The Bertz CT molecular complexity index is 633. The van der Waals surface area contributed by atoms with Crippen molar-refractivity contribution >= 4 is 38.6 Å². The fourth-order valence-electron chi connectivity index (χ4n) is 1.51. The van der Waals surface area contributed by atoms with Crippen molar-refractivity contribution in [1.29, 1.82) is 0 Å². The number of hydrogen-bond acceptors (Lipinski definition) is 4. The van der Waals surface area contributed by atoms with Crippen molar-refractivity contribution in [2.24, 2.45) is 0 Å². The van der Waals surface area contributed by atoms with Gasteiger partial charge in [-0.05, 0) is 32.9 Å². The second-order valence-electron chi connectivity index (χ2n) is 3.65. The summed E-state index contributed by atoms with van der Waals surface area (Å²) in [6.07, 6.45) is 0. The van der Waals surface area contributed by atoms with Gasteiger partial charge >= 0.3 is 0 Å². The molecule has 0 radical (unpaired) electrons.